The Labute approximate surface area is 200 Å². The van der Waals surface area contributed by atoms with Crippen LogP contribution >= 0.6 is 24.0 Å². The molecule has 30 heavy (non-hydrogen) atoms. The highest BCUT2D eigenvalue weighted by Gasteiger charge is 2.20. The van der Waals surface area contributed by atoms with Crippen molar-refractivity contribution in [3.05, 3.63) is 29.8 Å². The molecule has 1 aromatic carbocycles. The van der Waals surface area contributed by atoms with Gasteiger partial charge in [-0.2, -0.15) is 0 Å². The maximum absolute atomic E-state index is 5.78. The van der Waals surface area contributed by atoms with Gasteiger partial charge in [-0.3, -0.25) is 9.89 Å². The van der Waals surface area contributed by atoms with Gasteiger partial charge in [0.05, 0.1) is 12.6 Å². The summed E-state index contributed by atoms with van der Waals surface area (Å²) in [6.07, 6.45) is 0. The number of piperazine rings is 1. The molecule has 6 nitrogen and oxygen atoms in total. The number of benzene rings is 1. The van der Waals surface area contributed by atoms with Crippen molar-refractivity contribution >= 4 is 29.9 Å². The van der Waals surface area contributed by atoms with Gasteiger partial charge in [-0.25, -0.2) is 0 Å². The first-order chi connectivity index (χ1) is 13.9. The number of rotatable bonds is 9. The van der Waals surface area contributed by atoms with Gasteiger partial charge in [0.2, 0.25) is 0 Å². The lowest BCUT2D eigenvalue weighted by atomic mass is 10.1. The molecule has 0 aliphatic carbocycles. The second-order valence-corrected chi connectivity index (χ2v) is 8.41. The zero-order valence-corrected chi connectivity index (χ0v) is 22.0. The Kier molecular flexibility index (Phi) is 12.7. The number of likely N-dealkylation sites (N-methyl/N-ethyl adjacent to an activating group) is 1. The van der Waals surface area contributed by atoms with Crippen molar-refractivity contribution < 1.29 is 4.74 Å². The van der Waals surface area contributed by atoms with E-state index in [0.717, 1.165) is 44.5 Å². The Bertz CT molecular complexity index is 615. The van der Waals surface area contributed by atoms with Gasteiger partial charge in [-0.05, 0) is 44.0 Å². The van der Waals surface area contributed by atoms with Crippen molar-refractivity contribution in [1.82, 2.24) is 20.4 Å². The fourth-order valence-electron chi connectivity index (χ4n) is 3.49. The number of guanidine groups is 1. The Balaban J connectivity index is 0.00000450. The highest BCUT2D eigenvalue weighted by Crippen LogP contribution is 2.18. The summed E-state index contributed by atoms with van der Waals surface area (Å²) in [5, 5.41) is 6.99. The fourth-order valence-corrected chi connectivity index (χ4v) is 3.49. The van der Waals surface area contributed by atoms with E-state index >= 15 is 0 Å². The maximum Gasteiger partial charge on any atom is 0.191 e. The van der Waals surface area contributed by atoms with Crippen LogP contribution in [0.25, 0.3) is 0 Å². The van der Waals surface area contributed by atoms with E-state index in [1.54, 1.807) is 0 Å². The lowest BCUT2D eigenvalue weighted by molar-refractivity contribution is 0.107. The van der Waals surface area contributed by atoms with Crippen LogP contribution in [0.3, 0.4) is 0 Å². The van der Waals surface area contributed by atoms with E-state index in [-0.39, 0.29) is 30.0 Å². The van der Waals surface area contributed by atoms with Crippen LogP contribution in [-0.2, 0) is 0 Å². The van der Waals surface area contributed by atoms with Gasteiger partial charge in [0.1, 0.15) is 5.75 Å². The SMILES string of the molecule is CCN1CCN(C(C)CNC(=NC)NC(C)c2ccc(OCC(C)C)cc2)CC1.I. The quantitative estimate of drug-likeness (QED) is 0.290. The molecule has 1 aliphatic rings. The van der Waals surface area contributed by atoms with Crippen molar-refractivity contribution in [2.45, 2.75) is 46.7 Å². The Morgan fingerprint density at radius 3 is 2.23 bits per heavy atom. The van der Waals surface area contributed by atoms with Crippen molar-refractivity contribution in [3.8, 4) is 5.75 Å². The van der Waals surface area contributed by atoms with E-state index < -0.39 is 0 Å². The van der Waals surface area contributed by atoms with E-state index in [2.05, 4.69) is 72.2 Å². The fraction of sp³-hybridized carbons (Fsp3) is 0.696. The molecule has 0 saturated carbocycles. The highest BCUT2D eigenvalue weighted by molar-refractivity contribution is 14.0. The maximum atomic E-state index is 5.78. The molecule has 1 saturated heterocycles. The van der Waals surface area contributed by atoms with E-state index in [9.17, 15) is 0 Å². The predicted molar refractivity (Wildman–Crippen MR) is 138 cm³/mol. The number of hydrogen-bond donors (Lipinski definition) is 2. The molecule has 1 heterocycles. The van der Waals surface area contributed by atoms with Gasteiger partial charge >= 0.3 is 0 Å². The zero-order valence-electron chi connectivity index (χ0n) is 19.6. The van der Waals surface area contributed by atoms with Gasteiger partial charge in [0.15, 0.2) is 5.96 Å². The Morgan fingerprint density at radius 2 is 1.70 bits per heavy atom. The molecule has 2 unspecified atom stereocenters. The molecule has 0 radical (unpaired) electrons. The van der Waals surface area contributed by atoms with Crippen molar-refractivity contribution in [2.75, 3.05) is 52.9 Å². The number of nitrogens with one attached hydrogen (secondary N) is 2. The zero-order chi connectivity index (χ0) is 21.2. The number of nitrogens with zero attached hydrogens (tertiary/aromatic N) is 3. The molecule has 0 aromatic heterocycles. The minimum atomic E-state index is 0. The Morgan fingerprint density at radius 1 is 1.07 bits per heavy atom. The highest BCUT2D eigenvalue weighted by atomic mass is 127. The normalized spacial score (nSPS) is 17.9. The van der Waals surface area contributed by atoms with Crippen molar-refractivity contribution in [2.24, 2.45) is 10.9 Å². The molecule has 0 amide bonds. The molecule has 2 rings (SSSR count). The third kappa shape index (κ3) is 8.98. The second kappa shape index (κ2) is 14.1. The monoisotopic (exact) mass is 531 g/mol. The molecular formula is C23H42IN5O. The van der Waals surface area contributed by atoms with Crippen LogP contribution in [0.4, 0.5) is 0 Å². The van der Waals surface area contributed by atoms with Gasteiger partial charge in [0, 0.05) is 45.8 Å². The number of ether oxygens (including phenoxy) is 1. The second-order valence-electron chi connectivity index (χ2n) is 8.41. The summed E-state index contributed by atoms with van der Waals surface area (Å²) < 4.78 is 5.78. The van der Waals surface area contributed by atoms with Crippen LogP contribution in [0.5, 0.6) is 5.75 Å². The first-order valence-corrected chi connectivity index (χ1v) is 11.1. The van der Waals surface area contributed by atoms with Crippen molar-refractivity contribution in [3.63, 3.8) is 0 Å². The lowest BCUT2D eigenvalue weighted by Crippen LogP contribution is -2.53. The van der Waals surface area contributed by atoms with Gasteiger partial charge in [-0.1, -0.05) is 32.9 Å². The smallest absolute Gasteiger partial charge is 0.191 e. The first-order valence-electron chi connectivity index (χ1n) is 11.1. The van der Waals surface area contributed by atoms with Crippen LogP contribution < -0.4 is 15.4 Å². The van der Waals surface area contributed by atoms with E-state index in [0.29, 0.717) is 12.0 Å². The molecule has 0 spiro atoms. The van der Waals surface area contributed by atoms with Gasteiger partial charge < -0.3 is 20.3 Å². The van der Waals surface area contributed by atoms with Crippen LogP contribution in [0, 0.1) is 5.92 Å². The average molecular weight is 532 g/mol. The predicted octanol–water partition coefficient (Wildman–Crippen LogP) is 3.59. The standard InChI is InChI=1S/C23H41N5O.HI/c1-7-27-12-14-28(15-13-27)19(4)16-25-23(24-6)26-20(5)21-8-10-22(11-9-21)29-17-18(2)3;/h8-11,18-20H,7,12-17H2,1-6H3,(H2,24,25,26);1H. The van der Waals surface area contributed by atoms with Crippen LogP contribution in [0.2, 0.25) is 0 Å². The van der Waals surface area contributed by atoms with Gasteiger partial charge in [-0.15, -0.1) is 24.0 Å². The number of aliphatic imine (C=N–C) groups is 1. The third-order valence-electron chi connectivity index (χ3n) is 5.58. The van der Waals surface area contributed by atoms with Crippen molar-refractivity contribution in [1.29, 1.82) is 0 Å². The van der Waals surface area contributed by atoms with E-state index in [1.165, 1.54) is 18.7 Å². The summed E-state index contributed by atoms with van der Waals surface area (Å²) in [5.41, 5.74) is 1.22. The molecule has 7 heteroatoms. The summed E-state index contributed by atoms with van der Waals surface area (Å²) in [4.78, 5) is 9.48. The Hall–Kier alpha value is -1.06. The largest absolute Gasteiger partial charge is 0.493 e. The van der Waals surface area contributed by atoms with Gasteiger partial charge in [0.25, 0.3) is 0 Å². The van der Waals surface area contributed by atoms with E-state index in [1.807, 2.05) is 19.2 Å². The van der Waals surface area contributed by atoms with E-state index in [4.69, 9.17) is 4.74 Å². The number of hydrogen-bond acceptors (Lipinski definition) is 4. The minimum absolute atomic E-state index is 0. The molecule has 1 fully saturated rings. The number of halogens is 1. The molecule has 0 bridgehead atoms. The van der Waals surface area contributed by atoms with Crippen LogP contribution in [0.1, 0.15) is 46.2 Å². The summed E-state index contributed by atoms with van der Waals surface area (Å²) in [5.74, 6) is 2.30. The topological polar surface area (TPSA) is 52.1 Å². The molecule has 2 atom stereocenters. The molecule has 1 aliphatic heterocycles. The first kappa shape index (κ1) is 27.0. The summed E-state index contributed by atoms with van der Waals surface area (Å²) in [6, 6.07) is 8.99. The summed E-state index contributed by atoms with van der Waals surface area (Å²) >= 11 is 0. The van der Waals surface area contributed by atoms with Crippen LogP contribution in [0.15, 0.2) is 29.3 Å². The lowest BCUT2D eigenvalue weighted by Gasteiger charge is -2.37. The molecule has 172 valence electrons. The molecular weight excluding hydrogens is 489 g/mol. The molecule has 2 N–H and O–H groups in total. The summed E-state index contributed by atoms with van der Waals surface area (Å²) in [7, 11) is 1.83. The van der Waals surface area contributed by atoms with Crippen LogP contribution in [-0.4, -0.2) is 74.7 Å². The summed E-state index contributed by atoms with van der Waals surface area (Å²) in [6.45, 7) is 18.4. The minimum Gasteiger partial charge on any atom is -0.493 e. The average Bonchev–Trinajstić information content (AvgIpc) is 2.75. The molecule has 1 aromatic rings. The third-order valence-corrected chi connectivity index (χ3v) is 5.58.